The maximum Gasteiger partial charge on any atom is 0.328 e. The van der Waals surface area contributed by atoms with Gasteiger partial charge in [0, 0.05) is 0 Å². The van der Waals surface area contributed by atoms with Gasteiger partial charge in [-0.15, -0.1) is 0 Å². The third kappa shape index (κ3) is 4.77. The number of anilines is 2. The van der Waals surface area contributed by atoms with Crippen LogP contribution in [0.5, 0.6) is 0 Å². The molecule has 0 bridgehead atoms. The number of hydrogen-bond acceptors (Lipinski definition) is 5. The van der Waals surface area contributed by atoms with E-state index in [9.17, 15) is 19.2 Å². The number of aliphatic hydroxyl groups excluding tert-OH is 1. The van der Waals surface area contributed by atoms with Crippen LogP contribution in [0.4, 0.5) is 16.2 Å². The van der Waals surface area contributed by atoms with Gasteiger partial charge in [-0.3, -0.25) is 14.5 Å². The number of nitrogens with one attached hydrogen (secondary N) is 3. The van der Waals surface area contributed by atoms with Crippen LogP contribution in [0.2, 0.25) is 0 Å². The smallest absolute Gasteiger partial charge is 0.328 e. The SMILES string of the molecule is CCC(C)[C@H](NC(=O)N1CC(=O)Nc2ccccc21)C(=O)N[C@@H](CO)C(=O)O. The minimum absolute atomic E-state index is 0.216. The number of hydrogen-bond donors (Lipinski definition) is 5. The zero-order valence-corrected chi connectivity index (χ0v) is 15.6. The first-order valence-corrected chi connectivity index (χ1v) is 8.89. The largest absolute Gasteiger partial charge is 0.480 e. The molecule has 0 saturated carbocycles. The lowest BCUT2D eigenvalue weighted by Gasteiger charge is -2.32. The van der Waals surface area contributed by atoms with Crippen molar-refractivity contribution in [2.24, 2.45) is 5.92 Å². The molecule has 10 heteroatoms. The molecule has 1 aromatic rings. The van der Waals surface area contributed by atoms with E-state index in [4.69, 9.17) is 10.2 Å². The molecule has 1 heterocycles. The van der Waals surface area contributed by atoms with E-state index in [-0.39, 0.29) is 18.4 Å². The topological polar surface area (TPSA) is 148 Å². The van der Waals surface area contributed by atoms with Gasteiger partial charge in [-0.25, -0.2) is 9.59 Å². The van der Waals surface area contributed by atoms with Crippen molar-refractivity contribution in [3.63, 3.8) is 0 Å². The van der Waals surface area contributed by atoms with Gasteiger partial charge in [-0.1, -0.05) is 32.4 Å². The van der Waals surface area contributed by atoms with Crippen LogP contribution in [0.1, 0.15) is 20.3 Å². The Kier molecular flexibility index (Phi) is 6.94. The second kappa shape index (κ2) is 9.18. The number of carbonyl (C=O) groups is 4. The van der Waals surface area contributed by atoms with Gasteiger partial charge in [0.05, 0.1) is 18.0 Å². The molecule has 0 aliphatic carbocycles. The summed E-state index contributed by atoms with van der Waals surface area (Å²) in [4.78, 5) is 49.5. The van der Waals surface area contributed by atoms with Gasteiger partial charge in [0.2, 0.25) is 11.8 Å². The molecule has 0 fully saturated rings. The average molecular weight is 392 g/mol. The van der Waals surface area contributed by atoms with E-state index < -0.39 is 36.6 Å². The van der Waals surface area contributed by atoms with Crippen LogP contribution >= 0.6 is 0 Å². The Morgan fingerprint density at radius 1 is 1.25 bits per heavy atom. The van der Waals surface area contributed by atoms with Gasteiger partial charge in [-0.05, 0) is 18.1 Å². The number of rotatable bonds is 7. The fourth-order valence-corrected chi connectivity index (χ4v) is 2.77. The molecule has 1 aliphatic heterocycles. The fourth-order valence-electron chi connectivity index (χ4n) is 2.77. The third-order valence-corrected chi connectivity index (χ3v) is 4.59. The summed E-state index contributed by atoms with van der Waals surface area (Å²) in [7, 11) is 0. The lowest BCUT2D eigenvalue weighted by atomic mass is 9.98. The van der Waals surface area contributed by atoms with Crippen LogP contribution in [0.15, 0.2) is 24.3 Å². The summed E-state index contributed by atoms with van der Waals surface area (Å²) in [6, 6.07) is 3.59. The zero-order valence-electron chi connectivity index (χ0n) is 15.6. The van der Waals surface area contributed by atoms with Gasteiger partial charge < -0.3 is 26.2 Å². The number of carbonyl (C=O) groups excluding carboxylic acids is 3. The lowest BCUT2D eigenvalue weighted by Crippen LogP contribution is -2.58. The quantitative estimate of drug-likeness (QED) is 0.445. The number of para-hydroxylation sites is 2. The van der Waals surface area contributed by atoms with Crippen molar-refractivity contribution in [3.05, 3.63) is 24.3 Å². The summed E-state index contributed by atoms with van der Waals surface area (Å²) >= 11 is 0. The molecule has 1 aliphatic rings. The van der Waals surface area contributed by atoms with Gasteiger partial charge in [0.1, 0.15) is 18.6 Å². The number of benzene rings is 1. The van der Waals surface area contributed by atoms with Crippen molar-refractivity contribution in [1.82, 2.24) is 10.6 Å². The third-order valence-electron chi connectivity index (χ3n) is 4.59. The summed E-state index contributed by atoms with van der Waals surface area (Å²) in [5.41, 5.74) is 0.964. The van der Waals surface area contributed by atoms with Crippen molar-refractivity contribution in [2.45, 2.75) is 32.4 Å². The second-order valence-corrected chi connectivity index (χ2v) is 6.55. The lowest BCUT2D eigenvalue weighted by molar-refractivity contribution is -0.143. The highest BCUT2D eigenvalue weighted by Crippen LogP contribution is 2.29. The summed E-state index contributed by atoms with van der Waals surface area (Å²) in [6.07, 6.45) is 0.534. The molecule has 0 radical (unpaired) electrons. The van der Waals surface area contributed by atoms with Crippen molar-refractivity contribution in [2.75, 3.05) is 23.4 Å². The summed E-state index contributed by atoms with van der Waals surface area (Å²) in [5.74, 6) is -2.79. The molecule has 10 nitrogen and oxygen atoms in total. The number of carboxylic acid groups (broad SMARTS) is 1. The van der Waals surface area contributed by atoms with Gasteiger partial charge >= 0.3 is 12.0 Å². The van der Waals surface area contributed by atoms with Crippen molar-refractivity contribution < 1.29 is 29.4 Å². The highest BCUT2D eigenvalue weighted by molar-refractivity contribution is 6.10. The summed E-state index contributed by atoms with van der Waals surface area (Å²) in [5, 5.41) is 25.6. The molecule has 1 unspecified atom stereocenters. The molecule has 0 spiro atoms. The zero-order chi connectivity index (χ0) is 20.8. The monoisotopic (exact) mass is 392 g/mol. The maximum absolute atomic E-state index is 12.8. The van der Waals surface area contributed by atoms with Gasteiger partial charge in [0.15, 0.2) is 0 Å². The molecule has 1 aromatic carbocycles. The minimum atomic E-state index is -1.47. The molecule has 2 rings (SSSR count). The molecule has 0 saturated heterocycles. The number of nitrogens with zero attached hydrogens (tertiary/aromatic N) is 1. The Bertz CT molecular complexity index is 768. The molecule has 4 amide bonds. The molecule has 28 heavy (non-hydrogen) atoms. The molecule has 152 valence electrons. The number of aliphatic carboxylic acids is 1. The predicted molar refractivity (Wildman–Crippen MR) is 101 cm³/mol. The van der Waals surface area contributed by atoms with E-state index in [2.05, 4.69) is 16.0 Å². The highest BCUT2D eigenvalue weighted by atomic mass is 16.4. The van der Waals surface area contributed by atoms with Crippen molar-refractivity contribution in [1.29, 1.82) is 0 Å². The number of carboxylic acids is 1. The van der Waals surface area contributed by atoms with E-state index in [0.29, 0.717) is 17.8 Å². The molecule has 0 aromatic heterocycles. The van der Waals surface area contributed by atoms with Crippen molar-refractivity contribution >= 4 is 35.2 Å². The minimum Gasteiger partial charge on any atom is -0.480 e. The van der Waals surface area contributed by atoms with E-state index in [1.54, 1.807) is 31.2 Å². The summed E-state index contributed by atoms with van der Waals surface area (Å²) in [6.45, 7) is 2.56. The van der Waals surface area contributed by atoms with Crippen molar-refractivity contribution in [3.8, 4) is 0 Å². The molecular formula is C18H24N4O6. The summed E-state index contributed by atoms with van der Waals surface area (Å²) < 4.78 is 0. The average Bonchev–Trinajstić information content (AvgIpc) is 2.68. The van der Waals surface area contributed by atoms with E-state index >= 15 is 0 Å². The Morgan fingerprint density at radius 3 is 2.54 bits per heavy atom. The normalized spacial score (nSPS) is 16.2. The van der Waals surface area contributed by atoms with Crippen LogP contribution < -0.4 is 20.9 Å². The van der Waals surface area contributed by atoms with Crippen LogP contribution in [-0.2, 0) is 14.4 Å². The Labute approximate surface area is 161 Å². The number of urea groups is 1. The Balaban J connectivity index is 2.20. The molecular weight excluding hydrogens is 368 g/mol. The van der Waals surface area contributed by atoms with Crippen LogP contribution in [0, 0.1) is 5.92 Å². The number of amides is 4. The first-order chi connectivity index (χ1) is 13.3. The maximum atomic E-state index is 12.8. The predicted octanol–water partition coefficient (Wildman–Crippen LogP) is 0.131. The Morgan fingerprint density at radius 2 is 1.93 bits per heavy atom. The molecule has 5 N–H and O–H groups in total. The first-order valence-electron chi connectivity index (χ1n) is 8.89. The highest BCUT2D eigenvalue weighted by Gasteiger charge is 2.33. The fraction of sp³-hybridized carbons (Fsp3) is 0.444. The van der Waals surface area contributed by atoms with Gasteiger partial charge in [-0.2, -0.15) is 0 Å². The first kappa shape index (κ1) is 21.2. The van der Waals surface area contributed by atoms with Crippen LogP contribution in [0.25, 0.3) is 0 Å². The van der Waals surface area contributed by atoms with E-state index in [1.165, 1.54) is 4.90 Å². The number of aliphatic hydroxyl groups is 1. The van der Waals surface area contributed by atoms with E-state index in [1.807, 2.05) is 6.92 Å². The number of fused-ring (bicyclic) bond motifs is 1. The van der Waals surface area contributed by atoms with Crippen LogP contribution in [0.3, 0.4) is 0 Å². The Hall–Kier alpha value is -3.14. The second-order valence-electron chi connectivity index (χ2n) is 6.55. The van der Waals surface area contributed by atoms with Gasteiger partial charge in [0.25, 0.3) is 0 Å². The van der Waals surface area contributed by atoms with E-state index in [0.717, 1.165) is 0 Å². The standard InChI is InChI=1S/C18H24N4O6/c1-3-10(2)15(16(25)20-12(9-23)17(26)27)21-18(28)22-8-14(24)19-11-6-4-5-7-13(11)22/h4-7,10,12,15,23H,3,8-9H2,1-2H3,(H,19,24)(H,20,25)(H,21,28)(H,26,27)/t10?,12-,15-/m0/s1. The molecule has 3 atom stereocenters. The van der Waals surface area contributed by atoms with Crippen LogP contribution in [-0.4, -0.2) is 59.3 Å².